The lowest BCUT2D eigenvalue weighted by Gasteiger charge is -2.39. The first-order chi connectivity index (χ1) is 22.1. The van der Waals surface area contributed by atoms with Crippen LogP contribution in [0.1, 0.15) is 48.7 Å². The van der Waals surface area contributed by atoms with Crippen LogP contribution in [0.25, 0.3) is 5.69 Å². The summed E-state index contributed by atoms with van der Waals surface area (Å²) in [6, 6.07) is 22.2. The first-order valence-electron chi connectivity index (χ1n) is 15.3. The zero-order chi connectivity index (χ0) is 32.7. The number of halogens is 3. The van der Waals surface area contributed by atoms with Gasteiger partial charge in [-0.1, -0.05) is 66.4 Å². The molecule has 1 aliphatic heterocycles. The molecule has 12 heteroatoms. The molecular formula is C34H37F3N6O2S. The number of nitrogens with one attached hydrogen (secondary N) is 1. The molecule has 242 valence electrons. The molecule has 0 aliphatic carbocycles. The van der Waals surface area contributed by atoms with Crippen molar-refractivity contribution in [2.45, 2.75) is 56.9 Å². The normalized spacial score (nSPS) is 15.2. The van der Waals surface area contributed by atoms with E-state index in [9.17, 15) is 22.8 Å². The summed E-state index contributed by atoms with van der Waals surface area (Å²) in [6.07, 6.45) is -1.90. The number of rotatable bonds is 10. The molecule has 0 radical (unpaired) electrons. The van der Waals surface area contributed by atoms with Gasteiger partial charge < -0.3 is 15.1 Å². The van der Waals surface area contributed by atoms with Gasteiger partial charge in [-0.25, -0.2) is 4.79 Å². The summed E-state index contributed by atoms with van der Waals surface area (Å²) in [5.74, 6) is 1.68. The summed E-state index contributed by atoms with van der Waals surface area (Å²) in [6.45, 7) is 4.95. The fourth-order valence-electron chi connectivity index (χ4n) is 5.50. The predicted octanol–water partition coefficient (Wildman–Crippen LogP) is 7.21. The number of anilines is 1. The van der Waals surface area contributed by atoms with Crippen molar-refractivity contribution < 1.29 is 22.8 Å². The van der Waals surface area contributed by atoms with Gasteiger partial charge in [-0.3, -0.25) is 9.36 Å². The Morgan fingerprint density at radius 3 is 2.46 bits per heavy atom. The number of benzene rings is 3. The van der Waals surface area contributed by atoms with Crippen molar-refractivity contribution >= 4 is 29.4 Å². The smallest absolute Gasteiger partial charge is 0.339 e. The Bertz CT molecular complexity index is 1650. The van der Waals surface area contributed by atoms with Crippen LogP contribution in [0.4, 0.5) is 23.7 Å². The van der Waals surface area contributed by atoms with E-state index in [4.69, 9.17) is 0 Å². The summed E-state index contributed by atoms with van der Waals surface area (Å²) in [5, 5.41) is 12.4. The van der Waals surface area contributed by atoms with E-state index in [1.54, 1.807) is 21.6 Å². The van der Waals surface area contributed by atoms with E-state index in [0.29, 0.717) is 38.9 Å². The molecule has 1 aliphatic rings. The van der Waals surface area contributed by atoms with Crippen LogP contribution in [0, 0.1) is 6.92 Å². The lowest BCUT2D eigenvalue weighted by molar-refractivity contribution is -0.137. The maximum Gasteiger partial charge on any atom is 0.416 e. The number of alkyl halides is 3. The van der Waals surface area contributed by atoms with Gasteiger partial charge >= 0.3 is 12.2 Å². The van der Waals surface area contributed by atoms with Gasteiger partial charge in [0.1, 0.15) is 5.82 Å². The van der Waals surface area contributed by atoms with Crippen LogP contribution in [-0.2, 0) is 17.4 Å². The summed E-state index contributed by atoms with van der Waals surface area (Å²) in [7, 11) is 0. The highest BCUT2D eigenvalue weighted by atomic mass is 32.2. The van der Waals surface area contributed by atoms with Gasteiger partial charge in [-0.2, -0.15) is 13.2 Å². The van der Waals surface area contributed by atoms with Gasteiger partial charge in [0, 0.05) is 50.0 Å². The Labute approximate surface area is 271 Å². The SMILES string of the molecule is Cc1ccccc1-n1c(Cc2ccccc2)nnc1SCCCCC(=O)N1CCN(C(=O)Nc2cccc(C(F)(F)F)c2)C(C)C1. The van der Waals surface area contributed by atoms with Crippen molar-refractivity contribution in [1.29, 1.82) is 0 Å². The minimum absolute atomic E-state index is 0.0306. The predicted molar refractivity (Wildman–Crippen MR) is 173 cm³/mol. The van der Waals surface area contributed by atoms with E-state index in [-0.39, 0.29) is 17.6 Å². The Morgan fingerprint density at radius 1 is 0.957 bits per heavy atom. The highest BCUT2D eigenvalue weighted by molar-refractivity contribution is 7.99. The average molecular weight is 651 g/mol. The molecule has 2 heterocycles. The molecule has 8 nitrogen and oxygen atoms in total. The molecule has 1 atom stereocenters. The molecule has 1 N–H and O–H groups in total. The van der Waals surface area contributed by atoms with E-state index in [2.05, 4.69) is 51.3 Å². The zero-order valence-electron chi connectivity index (χ0n) is 25.8. The highest BCUT2D eigenvalue weighted by Crippen LogP contribution is 2.31. The number of unbranched alkanes of at least 4 members (excludes halogenated alkanes) is 1. The number of para-hydroxylation sites is 1. The third-order valence-electron chi connectivity index (χ3n) is 7.96. The third-order valence-corrected chi connectivity index (χ3v) is 8.98. The van der Waals surface area contributed by atoms with Crippen molar-refractivity contribution in [2.75, 3.05) is 30.7 Å². The fourth-order valence-corrected chi connectivity index (χ4v) is 6.46. The molecule has 1 saturated heterocycles. The molecule has 1 unspecified atom stereocenters. The summed E-state index contributed by atoms with van der Waals surface area (Å²) < 4.78 is 41.3. The second kappa shape index (κ2) is 14.8. The Morgan fingerprint density at radius 2 is 1.72 bits per heavy atom. The van der Waals surface area contributed by atoms with Crippen LogP contribution in [-0.4, -0.2) is 67.9 Å². The fraction of sp³-hybridized carbons (Fsp3) is 0.353. The molecule has 3 amide bonds. The van der Waals surface area contributed by atoms with Gasteiger partial charge in [-0.15, -0.1) is 10.2 Å². The number of aromatic nitrogens is 3. The van der Waals surface area contributed by atoms with Crippen LogP contribution in [0.3, 0.4) is 0 Å². The lowest BCUT2D eigenvalue weighted by Crippen LogP contribution is -2.56. The van der Waals surface area contributed by atoms with Gasteiger partial charge in [0.15, 0.2) is 5.16 Å². The first-order valence-corrected chi connectivity index (χ1v) is 16.3. The second-order valence-corrected chi connectivity index (χ2v) is 12.4. The number of hydrogen-bond acceptors (Lipinski definition) is 5. The number of aryl methyl sites for hydroxylation is 1. The van der Waals surface area contributed by atoms with E-state index in [0.717, 1.165) is 52.1 Å². The van der Waals surface area contributed by atoms with Gasteiger partial charge in [-0.05, 0) is 62.1 Å². The van der Waals surface area contributed by atoms with Crippen LogP contribution < -0.4 is 5.32 Å². The molecule has 0 saturated carbocycles. The molecule has 1 aromatic heterocycles. The summed E-state index contributed by atoms with van der Waals surface area (Å²) in [4.78, 5) is 29.1. The van der Waals surface area contributed by atoms with E-state index in [1.165, 1.54) is 12.1 Å². The Kier molecular flexibility index (Phi) is 10.7. The largest absolute Gasteiger partial charge is 0.416 e. The quantitative estimate of drug-likeness (QED) is 0.145. The molecule has 0 spiro atoms. The van der Waals surface area contributed by atoms with Gasteiger partial charge in [0.2, 0.25) is 5.91 Å². The van der Waals surface area contributed by atoms with Crippen molar-refractivity contribution in [3.63, 3.8) is 0 Å². The second-order valence-electron chi connectivity index (χ2n) is 11.4. The lowest BCUT2D eigenvalue weighted by atomic mass is 10.1. The van der Waals surface area contributed by atoms with Gasteiger partial charge in [0.25, 0.3) is 0 Å². The van der Waals surface area contributed by atoms with E-state index in [1.807, 2.05) is 37.3 Å². The standard InChI is InChI=1S/C34H37F3N6O2S/c1-24-11-6-7-16-29(24)43-30(21-26-12-4-3-5-13-26)39-40-33(43)46-20-9-8-17-31(44)41-18-19-42(25(2)23-41)32(45)38-28-15-10-14-27(22-28)34(35,36)37/h3-7,10-16,22,25H,8-9,17-21,23H2,1-2H3,(H,38,45). The zero-order valence-corrected chi connectivity index (χ0v) is 26.7. The number of piperazine rings is 1. The first kappa shape index (κ1) is 33.1. The summed E-state index contributed by atoms with van der Waals surface area (Å²) >= 11 is 1.63. The number of nitrogens with zero attached hydrogens (tertiary/aromatic N) is 5. The monoisotopic (exact) mass is 650 g/mol. The summed E-state index contributed by atoms with van der Waals surface area (Å²) in [5.41, 5.74) is 2.59. The number of thioether (sulfide) groups is 1. The van der Waals surface area contributed by atoms with Crippen LogP contribution in [0.2, 0.25) is 0 Å². The number of carbonyl (C=O) groups is 2. The van der Waals surface area contributed by atoms with Crippen LogP contribution in [0.5, 0.6) is 0 Å². The van der Waals surface area contributed by atoms with Crippen LogP contribution in [0.15, 0.2) is 84.0 Å². The van der Waals surface area contributed by atoms with Crippen LogP contribution >= 0.6 is 11.8 Å². The average Bonchev–Trinajstić information content (AvgIpc) is 3.42. The van der Waals surface area contributed by atoms with Crippen molar-refractivity contribution in [3.8, 4) is 5.69 Å². The third kappa shape index (κ3) is 8.28. The van der Waals surface area contributed by atoms with Crippen molar-refractivity contribution in [1.82, 2.24) is 24.6 Å². The maximum absolute atomic E-state index is 13.0. The Hall–Kier alpha value is -4.32. The van der Waals surface area contributed by atoms with Crippen molar-refractivity contribution in [3.05, 3.63) is 101 Å². The number of urea groups is 1. The molecule has 3 aromatic carbocycles. The molecular weight excluding hydrogens is 613 g/mol. The van der Waals surface area contributed by atoms with Crippen molar-refractivity contribution in [2.24, 2.45) is 0 Å². The minimum Gasteiger partial charge on any atom is -0.339 e. The Balaban J connectivity index is 1.10. The number of hydrogen-bond donors (Lipinski definition) is 1. The molecule has 0 bridgehead atoms. The molecule has 4 aromatic rings. The van der Waals surface area contributed by atoms with E-state index >= 15 is 0 Å². The van der Waals surface area contributed by atoms with E-state index < -0.39 is 17.8 Å². The minimum atomic E-state index is -4.49. The topological polar surface area (TPSA) is 83.4 Å². The number of carbonyl (C=O) groups excluding carboxylic acids is 2. The van der Waals surface area contributed by atoms with Gasteiger partial charge in [0.05, 0.1) is 11.3 Å². The number of amides is 3. The molecule has 1 fully saturated rings. The molecule has 5 rings (SSSR count). The maximum atomic E-state index is 13.0. The molecule has 46 heavy (non-hydrogen) atoms. The highest BCUT2D eigenvalue weighted by Gasteiger charge is 2.32.